The average Bonchev–Trinajstić information content (AvgIpc) is 3.41. The summed E-state index contributed by atoms with van der Waals surface area (Å²) in [6.07, 6.45) is 4.99. The standard InChI is InChI=1S/C23H25N3O3/c27-22(12-11-16-14-24-20-9-3-1-7-18(16)20)26-21-10-4-2-8-19(21)23(28)25-15-17-6-5-13-29-17/h1-4,7-10,14,17,24H,5-6,11-13,15H2,(H,25,28)(H,26,27). The second-order valence-electron chi connectivity index (χ2n) is 7.30. The molecule has 0 radical (unpaired) electrons. The number of rotatable bonds is 7. The van der Waals surface area contributed by atoms with Crippen molar-refractivity contribution in [3.8, 4) is 0 Å². The van der Waals surface area contributed by atoms with E-state index in [1.54, 1.807) is 18.2 Å². The van der Waals surface area contributed by atoms with E-state index in [0.29, 0.717) is 30.6 Å². The second kappa shape index (κ2) is 8.92. The number of aryl methyl sites for hydroxylation is 1. The number of fused-ring (bicyclic) bond motifs is 1. The number of hydrogen-bond donors (Lipinski definition) is 3. The number of anilines is 1. The maximum absolute atomic E-state index is 12.6. The molecule has 4 rings (SSSR count). The molecule has 0 aliphatic carbocycles. The Balaban J connectivity index is 1.36. The van der Waals surface area contributed by atoms with Gasteiger partial charge < -0.3 is 20.4 Å². The van der Waals surface area contributed by atoms with Gasteiger partial charge in [0.15, 0.2) is 0 Å². The van der Waals surface area contributed by atoms with E-state index in [2.05, 4.69) is 15.6 Å². The average molecular weight is 391 g/mol. The van der Waals surface area contributed by atoms with Crippen LogP contribution in [0.3, 0.4) is 0 Å². The third-order valence-corrected chi connectivity index (χ3v) is 5.26. The van der Waals surface area contributed by atoms with Crippen LogP contribution in [0, 0.1) is 0 Å². The minimum atomic E-state index is -0.201. The lowest BCUT2D eigenvalue weighted by molar-refractivity contribution is -0.116. The highest BCUT2D eigenvalue weighted by Crippen LogP contribution is 2.20. The van der Waals surface area contributed by atoms with Gasteiger partial charge in [0.05, 0.1) is 17.4 Å². The molecule has 150 valence electrons. The van der Waals surface area contributed by atoms with Crippen LogP contribution in [0.4, 0.5) is 5.69 Å². The van der Waals surface area contributed by atoms with Crippen molar-refractivity contribution in [2.45, 2.75) is 31.8 Å². The summed E-state index contributed by atoms with van der Waals surface area (Å²) in [6, 6.07) is 15.1. The quantitative estimate of drug-likeness (QED) is 0.575. The third kappa shape index (κ3) is 4.66. The SMILES string of the molecule is O=C(CCc1c[nH]c2ccccc12)Nc1ccccc1C(=O)NCC1CCCO1. The van der Waals surface area contributed by atoms with Crippen LogP contribution in [0.15, 0.2) is 54.7 Å². The first-order valence-electron chi connectivity index (χ1n) is 10.0. The predicted octanol–water partition coefficient (Wildman–Crippen LogP) is 3.65. The van der Waals surface area contributed by atoms with Crippen LogP contribution in [0.25, 0.3) is 10.9 Å². The van der Waals surface area contributed by atoms with Gasteiger partial charge >= 0.3 is 0 Å². The molecule has 1 atom stereocenters. The van der Waals surface area contributed by atoms with E-state index in [-0.39, 0.29) is 17.9 Å². The Bertz CT molecular complexity index is 1010. The first kappa shape index (κ1) is 19.2. The number of para-hydroxylation sites is 2. The molecule has 1 saturated heterocycles. The number of hydrogen-bond acceptors (Lipinski definition) is 3. The highest BCUT2D eigenvalue weighted by molar-refractivity contribution is 6.03. The van der Waals surface area contributed by atoms with E-state index < -0.39 is 0 Å². The van der Waals surface area contributed by atoms with Crippen LogP contribution in [0.5, 0.6) is 0 Å². The van der Waals surface area contributed by atoms with Crippen molar-refractivity contribution in [1.82, 2.24) is 10.3 Å². The Hall–Kier alpha value is -3.12. The summed E-state index contributed by atoms with van der Waals surface area (Å²) in [5.41, 5.74) is 3.17. The molecular formula is C23H25N3O3. The lowest BCUT2D eigenvalue weighted by atomic mass is 10.1. The van der Waals surface area contributed by atoms with Crippen molar-refractivity contribution in [1.29, 1.82) is 0 Å². The fourth-order valence-corrected chi connectivity index (χ4v) is 3.70. The van der Waals surface area contributed by atoms with Gasteiger partial charge in [-0.15, -0.1) is 0 Å². The van der Waals surface area contributed by atoms with Crippen molar-refractivity contribution < 1.29 is 14.3 Å². The van der Waals surface area contributed by atoms with Gasteiger partial charge in [-0.05, 0) is 43.0 Å². The molecule has 1 aliphatic rings. The van der Waals surface area contributed by atoms with Crippen LogP contribution in [-0.4, -0.2) is 36.1 Å². The molecule has 0 spiro atoms. The van der Waals surface area contributed by atoms with E-state index >= 15 is 0 Å². The van der Waals surface area contributed by atoms with Gasteiger partial charge in [0.2, 0.25) is 5.91 Å². The first-order valence-corrected chi connectivity index (χ1v) is 10.0. The minimum Gasteiger partial charge on any atom is -0.376 e. The van der Waals surface area contributed by atoms with E-state index in [9.17, 15) is 9.59 Å². The molecular weight excluding hydrogens is 366 g/mol. The Kier molecular flexibility index (Phi) is 5.91. The van der Waals surface area contributed by atoms with Crippen molar-refractivity contribution >= 4 is 28.4 Å². The summed E-state index contributed by atoms with van der Waals surface area (Å²) < 4.78 is 5.54. The maximum Gasteiger partial charge on any atom is 0.253 e. The van der Waals surface area contributed by atoms with Crippen LogP contribution < -0.4 is 10.6 Å². The van der Waals surface area contributed by atoms with Gasteiger partial charge in [0, 0.05) is 36.7 Å². The Morgan fingerprint density at radius 2 is 1.93 bits per heavy atom. The van der Waals surface area contributed by atoms with Gasteiger partial charge in [-0.1, -0.05) is 30.3 Å². The minimum absolute atomic E-state index is 0.0804. The molecule has 1 unspecified atom stereocenters. The molecule has 2 aromatic carbocycles. The highest BCUT2D eigenvalue weighted by Gasteiger charge is 2.18. The number of carbonyl (C=O) groups is 2. The van der Waals surface area contributed by atoms with E-state index in [4.69, 9.17) is 4.74 Å². The summed E-state index contributed by atoms with van der Waals surface area (Å²) in [5, 5.41) is 6.93. The lowest BCUT2D eigenvalue weighted by Crippen LogP contribution is -2.32. The summed E-state index contributed by atoms with van der Waals surface area (Å²) in [4.78, 5) is 28.3. The molecule has 6 nitrogen and oxygen atoms in total. The maximum atomic E-state index is 12.6. The molecule has 0 saturated carbocycles. The number of benzene rings is 2. The molecule has 3 aromatic rings. The van der Waals surface area contributed by atoms with Gasteiger partial charge in [0.25, 0.3) is 5.91 Å². The van der Waals surface area contributed by atoms with Gasteiger partial charge in [0.1, 0.15) is 0 Å². The molecule has 2 amide bonds. The number of aromatic amines is 1. The normalized spacial score (nSPS) is 16.1. The number of aromatic nitrogens is 1. The number of H-pyrrole nitrogens is 1. The number of carbonyl (C=O) groups excluding carboxylic acids is 2. The summed E-state index contributed by atoms with van der Waals surface area (Å²) in [6.45, 7) is 1.24. The van der Waals surface area contributed by atoms with Crippen LogP contribution in [0.1, 0.15) is 35.2 Å². The number of amides is 2. The predicted molar refractivity (Wildman–Crippen MR) is 113 cm³/mol. The first-order chi connectivity index (χ1) is 14.2. The molecule has 2 heterocycles. The van der Waals surface area contributed by atoms with Crippen molar-refractivity contribution in [3.05, 3.63) is 65.9 Å². The van der Waals surface area contributed by atoms with Gasteiger partial charge in [-0.3, -0.25) is 9.59 Å². The Morgan fingerprint density at radius 1 is 1.10 bits per heavy atom. The Labute approximate surface area is 169 Å². The smallest absolute Gasteiger partial charge is 0.253 e. The van der Waals surface area contributed by atoms with Crippen molar-refractivity contribution in [2.75, 3.05) is 18.5 Å². The molecule has 3 N–H and O–H groups in total. The highest BCUT2D eigenvalue weighted by atomic mass is 16.5. The zero-order valence-corrected chi connectivity index (χ0v) is 16.2. The monoisotopic (exact) mass is 391 g/mol. The van der Waals surface area contributed by atoms with Crippen molar-refractivity contribution in [3.63, 3.8) is 0 Å². The molecule has 1 fully saturated rings. The zero-order chi connectivity index (χ0) is 20.1. The third-order valence-electron chi connectivity index (χ3n) is 5.26. The van der Waals surface area contributed by atoms with E-state index in [0.717, 1.165) is 35.9 Å². The molecule has 1 aromatic heterocycles. The van der Waals surface area contributed by atoms with Crippen LogP contribution in [-0.2, 0) is 16.0 Å². The number of ether oxygens (including phenoxy) is 1. The van der Waals surface area contributed by atoms with Crippen LogP contribution in [0.2, 0.25) is 0 Å². The second-order valence-corrected chi connectivity index (χ2v) is 7.30. The van der Waals surface area contributed by atoms with Gasteiger partial charge in [-0.2, -0.15) is 0 Å². The molecule has 29 heavy (non-hydrogen) atoms. The molecule has 0 bridgehead atoms. The fourth-order valence-electron chi connectivity index (χ4n) is 3.70. The van der Waals surface area contributed by atoms with Crippen LogP contribution >= 0.6 is 0 Å². The summed E-state index contributed by atoms with van der Waals surface area (Å²) in [5.74, 6) is -0.317. The largest absolute Gasteiger partial charge is 0.376 e. The Morgan fingerprint density at radius 3 is 2.79 bits per heavy atom. The number of nitrogens with one attached hydrogen (secondary N) is 3. The summed E-state index contributed by atoms with van der Waals surface area (Å²) >= 11 is 0. The van der Waals surface area contributed by atoms with E-state index in [1.165, 1.54) is 0 Å². The molecule has 1 aliphatic heterocycles. The lowest BCUT2D eigenvalue weighted by Gasteiger charge is -2.13. The topological polar surface area (TPSA) is 83.2 Å². The van der Waals surface area contributed by atoms with Crippen molar-refractivity contribution in [2.24, 2.45) is 0 Å². The molecule has 6 heteroatoms. The van der Waals surface area contributed by atoms with E-state index in [1.807, 2.05) is 36.5 Å². The van der Waals surface area contributed by atoms with Gasteiger partial charge in [-0.25, -0.2) is 0 Å². The summed E-state index contributed by atoms with van der Waals surface area (Å²) in [7, 11) is 0. The fraction of sp³-hybridized carbons (Fsp3) is 0.304. The zero-order valence-electron chi connectivity index (χ0n) is 16.2.